The van der Waals surface area contributed by atoms with Gasteiger partial charge in [-0.2, -0.15) is 26.3 Å². The van der Waals surface area contributed by atoms with Crippen LogP contribution in [0, 0.1) is 0 Å². The van der Waals surface area contributed by atoms with Crippen LogP contribution in [0.25, 0.3) is 0 Å². The number of carbonyl (C=O) groups is 2. The molecule has 0 saturated carbocycles. The Bertz CT molecular complexity index is 976. The molecule has 0 radical (unpaired) electrons. The Hall–Kier alpha value is -2.95. The van der Waals surface area contributed by atoms with Gasteiger partial charge in [-0.15, -0.1) is 0 Å². The van der Waals surface area contributed by atoms with Crippen molar-refractivity contribution in [1.82, 2.24) is 5.32 Å². The number of methoxy groups -OCH3 is 1. The lowest BCUT2D eigenvalue weighted by molar-refractivity contribution is -0.143. The molecule has 0 bridgehead atoms. The van der Waals surface area contributed by atoms with Gasteiger partial charge < -0.3 is 15.8 Å². The molecule has 0 saturated heterocycles. The van der Waals surface area contributed by atoms with E-state index in [0.717, 1.165) is 0 Å². The Morgan fingerprint density at radius 2 is 1.56 bits per heavy atom. The van der Waals surface area contributed by atoms with Gasteiger partial charge in [0.1, 0.15) is 11.8 Å². The van der Waals surface area contributed by atoms with Crippen molar-refractivity contribution in [2.75, 3.05) is 7.11 Å². The van der Waals surface area contributed by atoms with Crippen LogP contribution in [-0.2, 0) is 34.8 Å². The van der Waals surface area contributed by atoms with Gasteiger partial charge in [0, 0.05) is 6.42 Å². The summed E-state index contributed by atoms with van der Waals surface area (Å²) in [6.07, 6.45) is -11.0. The zero-order valence-corrected chi connectivity index (χ0v) is 17.2. The van der Waals surface area contributed by atoms with Crippen LogP contribution in [0.15, 0.2) is 36.4 Å². The molecule has 2 rings (SSSR count). The standard InChI is InChI=1S/C20H17ClF6N2O3/c1-32-16-3-2-10(6-14(16)21)7-15(18(28)31)29-17(30)8-11-4-12(19(22,23)24)9-13(5-11)20(25,26)27/h2-6,9,15H,7-8H2,1H3,(H2,28,31)(H,29,30)/t15-/m0/s1. The molecule has 0 fully saturated rings. The lowest BCUT2D eigenvalue weighted by Crippen LogP contribution is -2.46. The number of halogens is 7. The number of ether oxygens (including phenoxy) is 1. The van der Waals surface area contributed by atoms with E-state index in [4.69, 9.17) is 22.1 Å². The third-order valence-corrected chi connectivity index (χ3v) is 4.64. The van der Waals surface area contributed by atoms with Gasteiger partial charge in [-0.25, -0.2) is 0 Å². The summed E-state index contributed by atoms with van der Waals surface area (Å²) in [5.41, 5.74) is 2.14. The van der Waals surface area contributed by atoms with Gasteiger partial charge in [0.05, 0.1) is 29.7 Å². The van der Waals surface area contributed by atoms with Crippen molar-refractivity contribution in [2.45, 2.75) is 31.2 Å². The normalized spacial score (nSPS) is 12.9. The van der Waals surface area contributed by atoms with E-state index < -0.39 is 53.3 Å². The summed E-state index contributed by atoms with van der Waals surface area (Å²) in [6, 6.07) is 4.09. The van der Waals surface area contributed by atoms with Crippen LogP contribution < -0.4 is 15.8 Å². The maximum Gasteiger partial charge on any atom is 0.416 e. The number of hydrogen-bond donors (Lipinski definition) is 2. The molecule has 0 aliphatic heterocycles. The Kier molecular flexibility index (Phi) is 7.66. The zero-order valence-electron chi connectivity index (χ0n) is 16.4. The third kappa shape index (κ3) is 6.78. The van der Waals surface area contributed by atoms with E-state index in [1.54, 1.807) is 6.07 Å². The molecule has 2 amide bonds. The van der Waals surface area contributed by atoms with E-state index in [-0.39, 0.29) is 17.5 Å². The fourth-order valence-electron chi connectivity index (χ4n) is 2.85. The number of amides is 2. The fourth-order valence-corrected chi connectivity index (χ4v) is 3.13. The molecule has 0 heterocycles. The highest BCUT2D eigenvalue weighted by Crippen LogP contribution is 2.36. The second-order valence-electron chi connectivity index (χ2n) is 6.79. The maximum absolute atomic E-state index is 13.0. The van der Waals surface area contributed by atoms with E-state index in [0.29, 0.717) is 23.4 Å². The molecule has 12 heteroatoms. The summed E-state index contributed by atoms with van der Waals surface area (Å²) < 4.78 is 82.8. The SMILES string of the molecule is COc1ccc(C[C@H](NC(=O)Cc2cc(C(F)(F)F)cc(C(F)(F)F)c2)C(N)=O)cc1Cl. The van der Waals surface area contributed by atoms with Crippen molar-refractivity contribution < 1.29 is 40.7 Å². The monoisotopic (exact) mass is 482 g/mol. The van der Waals surface area contributed by atoms with Gasteiger partial charge in [0.2, 0.25) is 11.8 Å². The van der Waals surface area contributed by atoms with Gasteiger partial charge in [-0.3, -0.25) is 9.59 Å². The molecule has 3 N–H and O–H groups in total. The molecule has 0 aliphatic rings. The lowest BCUT2D eigenvalue weighted by atomic mass is 10.0. The molecule has 174 valence electrons. The third-order valence-electron chi connectivity index (χ3n) is 4.35. The van der Waals surface area contributed by atoms with Crippen LogP contribution >= 0.6 is 11.6 Å². The van der Waals surface area contributed by atoms with E-state index in [1.165, 1.54) is 19.2 Å². The molecule has 0 spiro atoms. The number of rotatable bonds is 7. The average molecular weight is 483 g/mol. The quantitative estimate of drug-likeness (QED) is 0.582. The molecular weight excluding hydrogens is 466 g/mol. The first-order valence-electron chi connectivity index (χ1n) is 8.90. The second-order valence-corrected chi connectivity index (χ2v) is 7.19. The van der Waals surface area contributed by atoms with Gasteiger partial charge in [-0.1, -0.05) is 17.7 Å². The summed E-state index contributed by atoms with van der Waals surface area (Å²) in [7, 11) is 1.39. The predicted octanol–water partition coefficient (Wildman–Crippen LogP) is 4.14. The van der Waals surface area contributed by atoms with Crippen molar-refractivity contribution in [3.63, 3.8) is 0 Å². The number of primary amides is 1. The number of carbonyl (C=O) groups excluding carboxylic acids is 2. The number of nitrogens with one attached hydrogen (secondary N) is 1. The number of benzene rings is 2. The first-order chi connectivity index (χ1) is 14.7. The van der Waals surface area contributed by atoms with Gasteiger partial charge in [0.25, 0.3) is 0 Å². The Balaban J connectivity index is 2.21. The summed E-state index contributed by atoms with van der Waals surface area (Å²) in [4.78, 5) is 24.0. The second kappa shape index (κ2) is 9.68. The van der Waals surface area contributed by atoms with Crippen LogP contribution in [0.5, 0.6) is 5.75 Å². The topological polar surface area (TPSA) is 81.4 Å². The zero-order chi connectivity index (χ0) is 24.3. The molecule has 2 aromatic rings. The fraction of sp³-hybridized carbons (Fsp3) is 0.300. The van der Waals surface area contributed by atoms with Gasteiger partial charge in [0.15, 0.2) is 0 Å². The van der Waals surface area contributed by atoms with Gasteiger partial charge in [-0.05, 0) is 41.5 Å². The van der Waals surface area contributed by atoms with Crippen molar-refractivity contribution in [3.05, 3.63) is 63.7 Å². The molecule has 32 heavy (non-hydrogen) atoms. The molecule has 0 aromatic heterocycles. The molecule has 5 nitrogen and oxygen atoms in total. The summed E-state index contributed by atoms with van der Waals surface area (Å²) >= 11 is 6.00. The molecule has 0 aliphatic carbocycles. The summed E-state index contributed by atoms with van der Waals surface area (Å²) in [5, 5.41) is 2.45. The lowest BCUT2D eigenvalue weighted by Gasteiger charge is -2.17. The number of nitrogens with two attached hydrogens (primary N) is 1. The van der Waals surface area contributed by atoms with Crippen LogP contribution in [0.2, 0.25) is 5.02 Å². The van der Waals surface area contributed by atoms with Crippen LogP contribution in [0.4, 0.5) is 26.3 Å². The van der Waals surface area contributed by atoms with Crippen molar-refractivity contribution in [1.29, 1.82) is 0 Å². The number of alkyl halides is 6. The molecular formula is C20H17ClF6N2O3. The highest BCUT2D eigenvalue weighted by molar-refractivity contribution is 6.32. The van der Waals surface area contributed by atoms with Crippen molar-refractivity contribution >= 4 is 23.4 Å². The first kappa shape index (κ1) is 25.3. The van der Waals surface area contributed by atoms with Crippen LogP contribution in [0.1, 0.15) is 22.3 Å². The summed E-state index contributed by atoms with van der Waals surface area (Å²) in [6.45, 7) is 0. The van der Waals surface area contributed by atoms with E-state index in [2.05, 4.69) is 5.32 Å². The Labute approximate surface area is 183 Å². The van der Waals surface area contributed by atoms with Crippen LogP contribution in [-0.4, -0.2) is 25.0 Å². The largest absolute Gasteiger partial charge is 0.495 e. The van der Waals surface area contributed by atoms with Crippen molar-refractivity contribution in [3.8, 4) is 5.75 Å². The molecule has 1 atom stereocenters. The highest BCUT2D eigenvalue weighted by Gasteiger charge is 2.37. The average Bonchev–Trinajstić information content (AvgIpc) is 2.66. The van der Waals surface area contributed by atoms with Crippen molar-refractivity contribution in [2.24, 2.45) is 5.73 Å². The first-order valence-corrected chi connectivity index (χ1v) is 9.28. The molecule has 0 unspecified atom stereocenters. The maximum atomic E-state index is 13.0. The smallest absolute Gasteiger partial charge is 0.416 e. The van der Waals surface area contributed by atoms with Gasteiger partial charge >= 0.3 is 12.4 Å². The predicted molar refractivity (Wildman–Crippen MR) is 103 cm³/mol. The van der Waals surface area contributed by atoms with E-state index in [1.807, 2.05) is 0 Å². The minimum absolute atomic E-state index is 0.0406. The number of hydrogen-bond acceptors (Lipinski definition) is 3. The minimum Gasteiger partial charge on any atom is -0.495 e. The highest BCUT2D eigenvalue weighted by atomic mass is 35.5. The minimum atomic E-state index is -5.05. The summed E-state index contributed by atoms with van der Waals surface area (Å²) in [5.74, 6) is -1.58. The Morgan fingerprint density at radius 3 is 2.00 bits per heavy atom. The van der Waals surface area contributed by atoms with E-state index >= 15 is 0 Å². The molecule has 2 aromatic carbocycles. The van der Waals surface area contributed by atoms with E-state index in [9.17, 15) is 35.9 Å². The Morgan fingerprint density at radius 1 is 1.00 bits per heavy atom. The van der Waals surface area contributed by atoms with Crippen LogP contribution in [0.3, 0.4) is 0 Å².